The van der Waals surface area contributed by atoms with Crippen molar-refractivity contribution in [3.63, 3.8) is 0 Å². The number of aryl methyl sites for hydroxylation is 1. The molecule has 1 unspecified atom stereocenters. The Kier molecular flexibility index (Phi) is 5.48. The Morgan fingerprint density at radius 2 is 1.93 bits per heavy atom. The first kappa shape index (κ1) is 18.4. The van der Waals surface area contributed by atoms with Crippen molar-refractivity contribution in [1.29, 1.82) is 0 Å². The number of carbonyl (C=O) groups is 1. The van der Waals surface area contributed by atoms with Crippen LogP contribution in [0.3, 0.4) is 0 Å². The maximum Gasteiger partial charge on any atom is 0.273 e. The summed E-state index contributed by atoms with van der Waals surface area (Å²) >= 11 is 0. The van der Waals surface area contributed by atoms with Crippen LogP contribution in [-0.4, -0.2) is 52.0 Å². The normalized spacial score (nSPS) is 17.0. The van der Waals surface area contributed by atoms with Gasteiger partial charge in [0.15, 0.2) is 5.69 Å². The quantitative estimate of drug-likeness (QED) is 0.720. The average molecular weight is 375 g/mol. The molecule has 28 heavy (non-hydrogen) atoms. The molecule has 1 amide bonds. The van der Waals surface area contributed by atoms with Crippen LogP contribution in [0.4, 0.5) is 0 Å². The van der Waals surface area contributed by atoms with Crippen molar-refractivity contribution in [2.24, 2.45) is 0 Å². The molecule has 1 saturated heterocycles. The molecule has 4 rings (SSSR count). The molecule has 1 aliphatic rings. The molecule has 0 spiro atoms. The first-order valence-corrected chi connectivity index (χ1v) is 9.74. The standard InChI is InChI=1S/C22H25N5O/c1-17-7-5-6-10-20(17)18-11-13-26(15-18)14-12-23-22(28)21-16-27(25-24-21)19-8-3-2-4-9-19/h2-10,16,18H,11-15H2,1H3,(H,23,28). The predicted octanol–water partition coefficient (Wildman–Crippen LogP) is 2.80. The number of likely N-dealkylation sites (tertiary alicyclic amines) is 1. The SMILES string of the molecule is Cc1ccccc1C1CCN(CCNC(=O)c2cn(-c3ccccc3)nn2)C1. The zero-order chi connectivity index (χ0) is 19.3. The lowest BCUT2D eigenvalue weighted by Crippen LogP contribution is -2.34. The minimum Gasteiger partial charge on any atom is -0.349 e. The Balaban J connectivity index is 1.26. The maximum absolute atomic E-state index is 12.3. The van der Waals surface area contributed by atoms with Crippen molar-refractivity contribution in [3.05, 3.63) is 77.6 Å². The lowest BCUT2D eigenvalue weighted by molar-refractivity contribution is 0.0944. The number of benzene rings is 2. The molecule has 144 valence electrons. The summed E-state index contributed by atoms with van der Waals surface area (Å²) in [5.41, 5.74) is 4.03. The van der Waals surface area contributed by atoms with E-state index in [1.165, 1.54) is 17.5 Å². The molecule has 1 aromatic heterocycles. The molecule has 1 N–H and O–H groups in total. The minimum atomic E-state index is -0.183. The van der Waals surface area contributed by atoms with Crippen LogP contribution in [0.5, 0.6) is 0 Å². The van der Waals surface area contributed by atoms with Gasteiger partial charge in [-0.25, -0.2) is 4.68 Å². The molecule has 0 aliphatic carbocycles. The van der Waals surface area contributed by atoms with Crippen LogP contribution in [0.2, 0.25) is 0 Å². The largest absolute Gasteiger partial charge is 0.349 e. The summed E-state index contributed by atoms with van der Waals surface area (Å²) < 4.78 is 1.61. The number of hydrogen-bond acceptors (Lipinski definition) is 4. The van der Waals surface area contributed by atoms with Gasteiger partial charge >= 0.3 is 0 Å². The van der Waals surface area contributed by atoms with Gasteiger partial charge in [0.25, 0.3) is 5.91 Å². The van der Waals surface area contributed by atoms with E-state index in [9.17, 15) is 4.79 Å². The van der Waals surface area contributed by atoms with Crippen LogP contribution in [0.25, 0.3) is 5.69 Å². The summed E-state index contributed by atoms with van der Waals surface area (Å²) in [7, 11) is 0. The average Bonchev–Trinajstić information content (AvgIpc) is 3.39. The molecule has 1 aliphatic heterocycles. The second-order valence-electron chi connectivity index (χ2n) is 7.28. The highest BCUT2D eigenvalue weighted by Gasteiger charge is 2.24. The van der Waals surface area contributed by atoms with E-state index >= 15 is 0 Å². The summed E-state index contributed by atoms with van der Waals surface area (Å²) in [6.07, 6.45) is 2.83. The fourth-order valence-electron chi connectivity index (χ4n) is 3.83. The molecule has 1 fully saturated rings. The van der Waals surface area contributed by atoms with E-state index < -0.39 is 0 Å². The Hall–Kier alpha value is -2.99. The minimum absolute atomic E-state index is 0.183. The number of hydrogen-bond donors (Lipinski definition) is 1. The number of aromatic nitrogens is 3. The topological polar surface area (TPSA) is 63.1 Å². The van der Waals surface area contributed by atoms with Crippen molar-refractivity contribution < 1.29 is 4.79 Å². The third-order valence-corrected chi connectivity index (χ3v) is 5.36. The molecule has 2 aromatic carbocycles. The number of nitrogens with one attached hydrogen (secondary N) is 1. The van der Waals surface area contributed by atoms with Gasteiger partial charge in [0.1, 0.15) is 0 Å². The highest BCUT2D eigenvalue weighted by Crippen LogP contribution is 2.28. The van der Waals surface area contributed by atoms with E-state index in [0.717, 1.165) is 25.3 Å². The Morgan fingerprint density at radius 1 is 1.14 bits per heavy atom. The van der Waals surface area contributed by atoms with Gasteiger partial charge in [-0.15, -0.1) is 5.10 Å². The van der Waals surface area contributed by atoms with Crippen molar-refractivity contribution in [1.82, 2.24) is 25.2 Å². The predicted molar refractivity (Wildman–Crippen MR) is 109 cm³/mol. The molecule has 1 atom stereocenters. The number of para-hydroxylation sites is 1. The van der Waals surface area contributed by atoms with Gasteiger partial charge in [-0.3, -0.25) is 4.79 Å². The number of nitrogens with zero attached hydrogens (tertiary/aromatic N) is 4. The fraction of sp³-hybridized carbons (Fsp3) is 0.318. The van der Waals surface area contributed by atoms with Gasteiger partial charge < -0.3 is 10.2 Å². The molecule has 6 heteroatoms. The zero-order valence-corrected chi connectivity index (χ0v) is 16.1. The van der Waals surface area contributed by atoms with Crippen molar-refractivity contribution in [2.75, 3.05) is 26.2 Å². The van der Waals surface area contributed by atoms with Gasteiger partial charge in [-0.05, 0) is 49.1 Å². The second kappa shape index (κ2) is 8.35. The number of amides is 1. The smallest absolute Gasteiger partial charge is 0.273 e. The van der Waals surface area contributed by atoms with E-state index in [4.69, 9.17) is 0 Å². The monoisotopic (exact) mass is 375 g/mol. The lowest BCUT2D eigenvalue weighted by Gasteiger charge is -2.17. The van der Waals surface area contributed by atoms with Crippen molar-refractivity contribution >= 4 is 5.91 Å². The van der Waals surface area contributed by atoms with Crippen LogP contribution in [0.15, 0.2) is 60.8 Å². The third-order valence-electron chi connectivity index (χ3n) is 5.36. The highest BCUT2D eigenvalue weighted by atomic mass is 16.2. The molecule has 0 bridgehead atoms. The number of carbonyl (C=O) groups excluding carboxylic acids is 1. The van der Waals surface area contributed by atoms with E-state index in [2.05, 4.69) is 51.7 Å². The van der Waals surface area contributed by atoms with Crippen LogP contribution >= 0.6 is 0 Å². The molecule has 6 nitrogen and oxygen atoms in total. The fourth-order valence-corrected chi connectivity index (χ4v) is 3.83. The summed E-state index contributed by atoms with van der Waals surface area (Å²) in [5, 5.41) is 11.0. The highest BCUT2D eigenvalue weighted by molar-refractivity contribution is 5.91. The second-order valence-corrected chi connectivity index (χ2v) is 7.28. The summed E-state index contributed by atoms with van der Waals surface area (Å²) in [6, 6.07) is 18.3. The summed E-state index contributed by atoms with van der Waals surface area (Å²) in [5.74, 6) is 0.402. The number of rotatable bonds is 6. The van der Waals surface area contributed by atoms with Crippen LogP contribution < -0.4 is 5.32 Å². The molecule has 2 heterocycles. The maximum atomic E-state index is 12.3. The van der Waals surface area contributed by atoms with Gasteiger partial charge in [-0.1, -0.05) is 47.7 Å². The van der Waals surface area contributed by atoms with E-state index in [1.54, 1.807) is 10.9 Å². The van der Waals surface area contributed by atoms with Crippen LogP contribution in [-0.2, 0) is 0 Å². The van der Waals surface area contributed by atoms with E-state index in [1.807, 2.05) is 30.3 Å². The van der Waals surface area contributed by atoms with Gasteiger partial charge in [-0.2, -0.15) is 0 Å². The third kappa shape index (κ3) is 4.12. The summed E-state index contributed by atoms with van der Waals surface area (Å²) in [6.45, 7) is 5.75. The van der Waals surface area contributed by atoms with Gasteiger partial charge in [0.2, 0.25) is 0 Å². The van der Waals surface area contributed by atoms with E-state index in [0.29, 0.717) is 18.2 Å². The van der Waals surface area contributed by atoms with Gasteiger partial charge in [0, 0.05) is 19.6 Å². The molecule has 0 radical (unpaired) electrons. The summed E-state index contributed by atoms with van der Waals surface area (Å²) in [4.78, 5) is 14.8. The first-order valence-electron chi connectivity index (χ1n) is 9.74. The zero-order valence-electron chi connectivity index (χ0n) is 16.1. The Morgan fingerprint density at radius 3 is 2.75 bits per heavy atom. The van der Waals surface area contributed by atoms with Gasteiger partial charge in [0.05, 0.1) is 11.9 Å². The van der Waals surface area contributed by atoms with Crippen molar-refractivity contribution in [3.8, 4) is 5.69 Å². The molecular formula is C22H25N5O. The van der Waals surface area contributed by atoms with Crippen molar-refractivity contribution in [2.45, 2.75) is 19.3 Å². The van der Waals surface area contributed by atoms with E-state index in [-0.39, 0.29) is 5.91 Å². The van der Waals surface area contributed by atoms with Crippen LogP contribution in [0, 0.1) is 6.92 Å². The first-order chi connectivity index (χ1) is 13.7. The molecular weight excluding hydrogens is 350 g/mol. The molecule has 0 saturated carbocycles. The Labute approximate surface area is 165 Å². The Bertz CT molecular complexity index is 937. The lowest BCUT2D eigenvalue weighted by atomic mass is 9.94. The van der Waals surface area contributed by atoms with Crippen LogP contribution in [0.1, 0.15) is 34.0 Å². The molecule has 3 aromatic rings.